The number of hydrogen-bond donors (Lipinski definition) is 1. The molecule has 0 bridgehead atoms. The molecule has 140 valence electrons. The van der Waals surface area contributed by atoms with Crippen LogP contribution in [0.4, 0.5) is 5.69 Å². The molecule has 2 aromatic carbocycles. The molecule has 0 atom stereocenters. The van der Waals surface area contributed by atoms with Crippen molar-refractivity contribution in [2.24, 2.45) is 0 Å². The smallest absolute Gasteiger partial charge is 0.225 e. The molecule has 27 heavy (non-hydrogen) atoms. The Morgan fingerprint density at radius 3 is 2.26 bits per heavy atom. The highest BCUT2D eigenvalue weighted by Crippen LogP contribution is 2.17. The number of aryl methyl sites for hydroxylation is 2. The standard InChI is InChI=1S/C20H24N6S/c1-16-7-6-8-17(2)19(16)26-20(27)25(21-22-26)15-23-11-13-24(14-12-23)18-9-4-3-5-10-18/h3-10H,11-15H2,1-2H3/p+1. The monoisotopic (exact) mass is 381 g/mol. The quantitative estimate of drug-likeness (QED) is 0.700. The van der Waals surface area contributed by atoms with Crippen LogP contribution in [-0.2, 0) is 6.67 Å². The Kier molecular flexibility index (Phi) is 5.05. The van der Waals surface area contributed by atoms with Crippen molar-refractivity contribution >= 4 is 17.9 Å². The van der Waals surface area contributed by atoms with Gasteiger partial charge in [0.1, 0.15) is 0 Å². The highest BCUT2D eigenvalue weighted by Gasteiger charge is 2.21. The van der Waals surface area contributed by atoms with Gasteiger partial charge in [-0.2, -0.15) is 9.36 Å². The van der Waals surface area contributed by atoms with Gasteiger partial charge < -0.3 is 9.80 Å². The summed E-state index contributed by atoms with van der Waals surface area (Å²) in [5, 5.41) is 8.67. The second-order valence-electron chi connectivity index (χ2n) is 7.14. The molecule has 1 aliphatic rings. The molecule has 1 fully saturated rings. The molecule has 0 unspecified atom stereocenters. The molecule has 1 N–H and O–H groups in total. The van der Waals surface area contributed by atoms with Gasteiger partial charge in [0.25, 0.3) is 0 Å². The van der Waals surface area contributed by atoms with Crippen LogP contribution in [0.25, 0.3) is 5.69 Å². The molecule has 7 heteroatoms. The maximum atomic E-state index is 5.67. The normalized spacial score (nSPS) is 15.3. The Balaban J connectivity index is 1.46. The minimum atomic E-state index is 0.658. The Morgan fingerprint density at radius 1 is 0.926 bits per heavy atom. The molecule has 0 saturated carbocycles. The summed E-state index contributed by atoms with van der Waals surface area (Å²) in [7, 11) is 0. The summed E-state index contributed by atoms with van der Waals surface area (Å²) in [4.78, 5) is 3.92. The van der Waals surface area contributed by atoms with Gasteiger partial charge in [0, 0.05) is 5.69 Å². The van der Waals surface area contributed by atoms with Gasteiger partial charge in [-0.25, -0.2) is 0 Å². The summed E-state index contributed by atoms with van der Waals surface area (Å²) in [5.74, 6) is 0. The lowest BCUT2D eigenvalue weighted by atomic mass is 10.1. The van der Waals surface area contributed by atoms with E-state index in [9.17, 15) is 0 Å². The van der Waals surface area contributed by atoms with E-state index >= 15 is 0 Å². The minimum Gasteiger partial charge on any atom is -0.360 e. The first-order valence-electron chi connectivity index (χ1n) is 9.36. The number of hydrogen-bond acceptors (Lipinski definition) is 4. The number of piperazine rings is 1. The second-order valence-corrected chi connectivity index (χ2v) is 7.51. The SMILES string of the molecule is Cc1cccc(C)c1-n1nnn(C[NH+]2CCN(c3ccccc3)CC2)c1=S. The first-order valence-corrected chi connectivity index (χ1v) is 9.77. The van der Waals surface area contributed by atoms with E-state index in [-0.39, 0.29) is 0 Å². The van der Waals surface area contributed by atoms with Crippen molar-refractivity contribution in [1.82, 2.24) is 19.8 Å². The minimum absolute atomic E-state index is 0.658. The zero-order valence-electron chi connectivity index (χ0n) is 15.8. The lowest BCUT2D eigenvalue weighted by molar-refractivity contribution is -0.924. The number of benzene rings is 2. The molecule has 3 aromatic rings. The van der Waals surface area contributed by atoms with Crippen LogP contribution in [0.15, 0.2) is 48.5 Å². The maximum absolute atomic E-state index is 5.67. The molecular formula is C20H25N6S+. The summed E-state index contributed by atoms with van der Waals surface area (Å²) >= 11 is 5.67. The van der Waals surface area contributed by atoms with Crippen molar-refractivity contribution in [3.05, 3.63) is 64.4 Å². The third-order valence-corrected chi connectivity index (χ3v) is 5.64. The average molecular weight is 382 g/mol. The van der Waals surface area contributed by atoms with Gasteiger partial charge in [0.2, 0.25) is 4.77 Å². The van der Waals surface area contributed by atoms with Gasteiger partial charge in [-0.1, -0.05) is 36.4 Å². The molecule has 4 rings (SSSR count). The van der Waals surface area contributed by atoms with Crippen LogP contribution >= 0.6 is 12.2 Å². The molecule has 1 aromatic heterocycles. The number of tetrazole rings is 1. The Morgan fingerprint density at radius 2 is 1.59 bits per heavy atom. The van der Waals surface area contributed by atoms with Gasteiger partial charge in [-0.05, 0) is 59.8 Å². The van der Waals surface area contributed by atoms with Crippen LogP contribution < -0.4 is 9.80 Å². The van der Waals surface area contributed by atoms with E-state index in [0.717, 1.165) is 49.7 Å². The maximum Gasteiger partial charge on any atom is 0.225 e. The Labute approximate surface area is 164 Å². The predicted molar refractivity (Wildman–Crippen MR) is 109 cm³/mol. The second kappa shape index (κ2) is 7.62. The average Bonchev–Trinajstić information content (AvgIpc) is 3.03. The summed E-state index contributed by atoms with van der Waals surface area (Å²) in [6, 6.07) is 16.8. The topological polar surface area (TPSA) is 43.3 Å². The first kappa shape index (κ1) is 17.9. The van der Waals surface area contributed by atoms with E-state index in [1.54, 1.807) is 4.68 Å². The molecule has 0 spiro atoms. The number of anilines is 1. The molecule has 0 radical (unpaired) electrons. The molecule has 1 saturated heterocycles. The fraction of sp³-hybridized carbons (Fsp3) is 0.350. The summed E-state index contributed by atoms with van der Waals surface area (Å²) in [5.41, 5.74) is 4.65. The van der Waals surface area contributed by atoms with Crippen molar-refractivity contribution < 1.29 is 4.90 Å². The zero-order chi connectivity index (χ0) is 18.8. The van der Waals surface area contributed by atoms with E-state index < -0.39 is 0 Å². The number of aromatic nitrogens is 4. The van der Waals surface area contributed by atoms with Crippen LogP contribution in [0.5, 0.6) is 0 Å². The third kappa shape index (κ3) is 3.65. The zero-order valence-corrected chi connectivity index (χ0v) is 16.6. The molecule has 1 aliphatic heterocycles. The van der Waals surface area contributed by atoms with Crippen LogP contribution in [0.3, 0.4) is 0 Å². The number of rotatable bonds is 4. The van der Waals surface area contributed by atoms with Crippen LogP contribution in [0, 0.1) is 18.6 Å². The van der Waals surface area contributed by atoms with Gasteiger partial charge in [-0.3, -0.25) is 0 Å². The van der Waals surface area contributed by atoms with Crippen molar-refractivity contribution in [2.45, 2.75) is 20.5 Å². The van der Waals surface area contributed by atoms with E-state index in [1.165, 1.54) is 10.6 Å². The Hall–Kier alpha value is -2.51. The lowest BCUT2D eigenvalue weighted by Crippen LogP contribution is -3.14. The van der Waals surface area contributed by atoms with Crippen molar-refractivity contribution in [1.29, 1.82) is 0 Å². The fourth-order valence-corrected chi connectivity index (χ4v) is 3.97. The van der Waals surface area contributed by atoms with Crippen molar-refractivity contribution in [3.63, 3.8) is 0 Å². The van der Waals surface area contributed by atoms with Crippen molar-refractivity contribution in [3.8, 4) is 5.69 Å². The van der Waals surface area contributed by atoms with Gasteiger partial charge in [0.15, 0.2) is 6.67 Å². The summed E-state index contributed by atoms with van der Waals surface area (Å²) < 4.78 is 4.30. The van der Waals surface area contributed by atoms with E-state index in [2.05, 4.69) is 77.7 Å². The highest BCUT2D eigenvalue weighted by atomic mass is 32.1. The first-order chi connectivity index (χ1) is 13.1. The Bertz CT molecular complexity index is 949. The third-order valence-electron chi connectivity index (χ3n) is 5.26. The lowest BCUT2D eigenvalue weighted by Gasteiger charge is -2.33. The number of nitrogens with zero attached hydrogens (tertiary/aromatic N) is 5. The van der Waals surface area contributed by atoms with Crippen LogP contribution in [-0.4, -0.2) is 46.0 Å². The van der Waals surface area contributed by atoms with Crippen molar-refractivity contribution in [2.75, 3.05) is 31.1 Å². The predicted octanol–water partition coefficient (Wildman–Crippen LogP) is 1.78. The molecule has 0 amide bonds. The summed E-state index contributed by atoms with van der Waals surface area (Å²) in [6.07, 6.45) is 0. The number of nitrogens with one attached hydrogen (secondary N) is 1. The molecule has 6 nitrogen and oxygen atoms in total. The van der Waals surface area contributed by atoms with Crippen LogP contribution in [0.2, 0.25) is 0 Å². The van der Waals surface area contributed by atoms with E-state index in [4.69, 9.17) is 12.2 Å². The largest absolute Gasteiger partial charge is 0.360 e. The fourth-order valence-electron chi connectivity index (χ4n) is 3.74. The van der Waals surface area contributed by atoms with Gasteiger partial charge in [0.05, 0.1) is 31.9 Å². The van der Waals surface area contributed by atoms with Gasteiger partial charge >= 0.3 is 0 Å². The highest BCUT2D eigenvalue weighted by molar-refractivity contribution is 7.71. The summed E-state index contributed by atoms with van der Waals surface area (Å²) in [6.45, 7) is 9.12. The molecule has 0 aliphatic carbocycles. The molecular weight excluding hydrogens is 356 g/mol. The number of quaternary nitrogens is 1. The van der Waals surface area contributed by atoms with E-state index in [0.29, 0.717) is 4.77 Å². The van der Waals surface area contributed by atoms with Crippen LogP contribution in [0.1, 0.15) is 11.1 Å². The van der Waals surface area contributed by atoms with Gasteiger partial charge in [-0.15, -0.1) is 0 Å². The van der Waals surface area contributed by atoms with E-state index in [1.807, 2.05) is 4.68 Å². The number of para-hydroxylation sites is 2. The molecule has 2 heterocycles.